The smallest absolute Gasteiger partial charge is 0.344 e. The van der Waals surface area contributed by atoms with Crippen molar-refractivity contribution in [2.24, 2.45) is 0 Å². The molecule has 0 radical (unpaired) electrons. The lowest BCUT2D eigenvalue weighted by atomic mass is 10.0. The van der Waals surface area contributed by atoms with E-state index in [4.69, 9.17) is 17.0 Å². The molecule has 1 fully saturated rings. The quantitative estimate of drug-likeness (QED) is 0.420. The van der Waals surface area contributed by atoms with Gasteiger partial charge in [-0.05, 0) is 24.1 Å². The number of benzene rings is 2. The Bertz CT molecular complexity index is 1070. The third-order valence-electron chi connectivity index (χ3n) is 4.81. The van der Waals surface area contributed by atoms with Crippen LogP contribution in [0.3, 0.4) is 0 Å². The van der Waals surface area contributed by atoms with Gasteiger partial charge in [-0.25, -0.2) is 9.59 Å². The largest absolute Gasteiger partial charge is 0.480 e. The van der Waals surface area contributed by atoms with Crippen LogP contribution in [0.2, 0.25) is 0 Å². The maximum Gasteiger partial charge on any atom is 0.344 e. The van der Waals surface area contributed by atoms with E-state index in [-0.39, 0.29) is 22.1 Å². The number of carboxylic acids is 2. The van der Waals surface area contributed by atoms with Gasteiger partial charge in [0.25, 0.3) is 5.91 Å². The average molecular weight is 472 g/mol. The van der Waals surface area contributed by atoms with Crippen LogP contribution in [0.1, 0.15) is 24.5 Å². The number of rotatable bonds is 9. The van der Waals surface area contributed by atoms with Gasteiger partial charge in [0.2, 0.25) is 0 Å². The van der Waals surface area contributed by atoms with Gasteiger partial charge in [0.05, 0.1) is 4.91 Å². The van der Waals surface area contributed by atoms with Crippen LogP contribution in [0.15, 0.2) is 59.5 Å². The van der Waals surface area contributed by atoms with Crippen molar-refractivity contribution in [3.8, 4) is 5.75 Å². The summed E-state index contributed by atoms with van der Waals surface area (Å²) >= 11 is 6.34. The van der Waals surface area contributed by atoms with E-state index in [1.165, 1.54) is 0 Å². The molecule has 32 heavy (non-hydrogen) atoms. The fourth-order valence-electron chi connectivity index (χ4n) is 3.18. The fraction of sp³-hybridized carbons (Fsp3) is 0.217. The van der Waals surface area contributed by atoms with E-state index in [0.717, 1.165) is 22.2 Å². The van der Waals surface area contributed by atoms with Crippen LogP contribution in [-0.2, 0) is 20.8 Å². The molecule has 0 saturated carbocycles. The van der Waals surface area contributed by atoms with Gasteiger partial charge < -0.3 is 14.9 Å². The highest BCUT2D eigenvalue weighted by Gasteiger charge is 2.40. The van der Waals surface area contributed by atoms with Gasteiger partial charge in [0.1, 0.15) is 16.1 Å². The molecule has 0 aromatic heterocycles. The highest BCUT2D eigenvalue weighted by atomic mass is 32.2. The Hall–Kier alpha value is -3.17. The van der Waals surface area contributed by atoms with Crippen molar-refractivity contribution in [1.29, 1.82) is 0 Å². The van der Waals surface area contributed by atoms with Gasteiger partial charge in [-0.2, -0.15) is 0 Å². The van der Waals surface area contributed by atoms with Crippen LogP contribution in [0.4, 0.5) is 0 Å². The highest BCUT2D eigenvalue weighted by molar-refractivity contribution is 8.26. The van der Waals surface area contributed by atoms with Crippen LogP contribution in [0.5, 0.6) is 5.75 Å². The second kappa shape index (κ2) is 10.4. The van der Waals surface area contributed by atoms with Crippen molar-refractivity contribution in [3.63, 3.8) is 0 Å². The lowest BCUT2D eigenvalue weighted by Crippen LogP contribution is -2.45. The Balaban J connectivity index is 1.88. The summed E-state index contributed by atoms with van der Waals surface area (Å²) in [7, 11) is 0. The highest BCUT2D eigenvalue weighted by Crippen LogP contribution is 2.36. The number of hydrogen-bond donors (Lipinski definition) is 2. The number of amides is 1. The first-order valence-corrected chi connectivity index (χ1v) is 11.1. The summed E-state index contributed by atoms with van der Waals surface area (Å²) in [6.07, 6.45) is 0.907. The van der Waals surface area contributed by atoms with Gasteiger partial charge in [0.15, 0.2) is 6.10 Å². The monoisotopic (exact) mass is 471 g/mol. The third-order valence-corrected chi connectivity index (χ3v) is 6.14. The van der Waals surface area contributed by atoms with Crippen molar-refractivity contribution in [2.75, 3.05) is 0 Å². The molecule has 2 aromatic carbocycles. The summed E-state index contributed by atoms with van der Waals surface area (Å²) in [4.78, 5) is 37.8. The van der Waals surface area contributed by atoms with Crippen LogP contribution < -0.4 is 4.74 Å². The number of nitrogens with zero attached hydrogens (tertiary/aromatic N) is 1. The van der Waals surface area contributed by atoms with Gasteiger partial charge >= 0.3 is 11.9 Å². The van der Waals surface area contributed by atoms with Gasteiger partial charge in [-0.15, -0.1) is 0 Å². The van der Waals surface area contributed by atoms with Crippen LogP contribution >= 0.6 is 24.0 Å². The zero-order chi connectivity index (χ0) is 23.3. The van der Waals surface area contributed by atoms with E-state index < -0.39 is 30.0 Å². The summed E-state index contributed by atoms with van der Waals surface area (Å²) in [5.74, 6) is -2.43. The minimum atomic E-state index is -1.15. The van der Waals surface area contributed by atoms with E-state index in [0.29, 0.717) is 11.3 Å². The van der Waals surface area contributed by atoms with Crippen molar-refractivity contribution in [3.05, 3.63) is 70.6 Å². The lowest BCUT2D eigenvalue weighted by molar-refractivity contribution is -0.145. The number of carbonyl (C=O) groups excluding carboxylic acids is 1. The molecule has 2 N–H and O–H groups in total. The Morgan fingerprint density at radius 3 is 2.38 bits per heavy atom. The molecule has 7 nitrogen and oxygen atoms in total. The number of aliphatic carboxylic acids is 2. The number of thioether (sulfide) groups is 1. The van der Waals surface area contributed by atoms with Crippen molar-refractivity contribution < 1.29 is 29.3 Å². The van der Waals surface area contributed by atoms with Gasteiger partial charge in [-0.3, -0.25) is 9.69 Å². The molecule has 3 rings (SSSR count). The van der Waals surface area contributed by atoms with Crippen LogP contribution in [0.25, 0.3) is 6.08 Å². The average Bonchev–Trinajstić information content (AvgIpc) is 3.04. The number of para-hydroxylation sites is 1. The number of carbonyl (C=O) groups is 3. The zero-order valence-electron chi connectivity index (χ0n) is 17.1. The van der Waals surface area contributed by atoms with E-state index in [1.807, 2.05) is 6.07 Å². The Labute approximate surface area is 194 Å². The minimum Gasteiger partial charge on any atom is -0.480 e. The first kappa shape index (κ1) is 23.5. The van der Waals surface area contributed by atoms with Crippen LogP contribution in [-0.4, -0.2) is 49.4 Å². The maximum atomic E-state index is 13.1. The molecule has 166 valence electrons. The fourth-order valence-corrected chi connectivity index (χ4v) is 4.53. The number of thiocarbonyl (C=S) groups is 1. The van der Waals surface area contributed by atoms with Crippen LogP contribution in [0, 0.1) is 0 Å². The molecule has 1 saturated heterocycles. The predicted molar refractivity (Wildman–Crippen MR) is 125 cm³/mol. The molecule has 1 heterocycles. The SMILES string of the molecule is CCC(Oc1ccccc1/C=C1\SC(=S)N(C(Cc2ccccc2)C(=O)O)C1=O)C(=O)O. The Morgan fingerprint density at radius 1 is 1.09 bits per heavy atom. The topological polar surface area (TPSA) is 104 Å². The van der Waals surface area contributed by atoms with E-state index in [2.05, 4.69) is 0 Å². The molecular weight excluding hydrogens is 450 g/mol. The molecule has 1 aliphatic heterocycles. The molecule has 0 spiro atoms. The van der Waals surface area contributed by atoms with Gasteiger partial charge in [-0.1, -0.05) is 79.4 Å². The normalized spacial score (nSPS) is 16.8. The molecule has 1 aliphatic rings. The first-order valence-electron chi connectivity index (χ1n) is 9.84. The molecule has 2 unspecified atom stereocenters. The number of ether oxygens (including phenoxy) is 1. The molecule has 2 atom stereocenters. The Kier molecular flexibility index (Phi) is 7.66. The second-order valence-electron chi connectivity index (χ2n) is 6.99. The summed E-state index contributed by atoms with van der Waals surface area (Å²) in [6, 6.07) is 14.6. The molecule has 9 heteroatoms. The molecular formula is C23H21NO6S2. The summed E-state index contributed by atoms with van der Waals surface area (Å²) < 4.78 is 5.77. The van der Waals surface area contributed by atoms with Crippen molar-refractivity contribution in [1.82, 2.24) is 4.90 Å². The predicted octanol–water partition coefficient (Wildman–Crippen LogP) is 3.83. The Morgan fingerprint density at radius 2 is 1.75 bits per heavy atom. The molecule has 0 aliphatic carbocycles. The third kappa shape index (κ3) is 5.35. The van der Waals surface area contributed by atoms with E-state index >= 15 is 0 Å². The summed E-state index contributed by atoms with van der Waals surface area (Å²) in [5.41, 5.74) is 1.28. The second-order valence-corrected chi connectivity index (χ2v) is 8.66. The maximum absolute atomic E-state index is 13.1. The van der Waals surface area contributed by atoms with Gasteiger partial charge in [0, 0.05) is 12.0 Å². The standard InChI is InChI=1S/C23H21NO6S2/c1-2-17(22(28)29)30-18-11-7-6-10-15(18)13-19-20(25)24(23(31)32-19)16(21(26)27)12-14-8-4-3-5-9-14/h3-11,13,16-17H,2,12H2,1H3,(H,26,27)(H,28,29)/b19-13-. The summed E-state index contributed by atoms with van der Waals surface area (Å²) in [6.45, 7) is 1.70. The summed E-state index contributed by atoms with van der Waals surface area (Å²) in [5, 5.41) is 19.0. The van der Waals surface area contributed by atoms with Crippen molar-refractivity contribution in [2.45, 2.75) is 31.9 Å². The molecule has 0 bridgehead atoms. The lowest BCUT2D eigenvalue weighted by Gasteiger charge is -2.23. The van der Waals surface area contributed by atoms with E-state index in [9.17, 15) is 24.6 Å². The minimum absolute atomic E-state index is 0.117. The number of carboxylic acid groups (broad SMARTS) is 2. The molecule has 1 amide bonds. The van der Waals surface area contributed by atoms with E-state index in [1.54, 1.807) is 61.5 Å². The van der Waals surface area contributed by atoms with Crippen molar-refractivity contribution >= 4 is 52.2 Å². The zero-order valence-corrected chi connectivity index (χ0v) is 18.8. The molecule has 2 aromatic rings. The number of hydrogen-bond acceptors (Lipinski definition) is 6. The first-order chi connectivity index (χ1) is 15.3.